The Hall–Kier alpha value is -1.91. The molecule has 0 bridgehead atoms. The van der Waals surface area contributed by atoms with Crippen LogP contribution in [0.2, 0.25) is 0 Å². The molecular weight excluding hydrogens is 194 g/mol. The number of carbonyl (C=O) groups excluding carboxylic acids is 2. The molecule has 78 valence electrons. The van der Waals surface area contributed by atoms with Gasteiger partial charge in [0.1, 0.15) is 0 Å². The third kappa shape index (κ3) is 1.81. The highest BCUT2D eigenvalue weighted by Gasteiger charge is 2.22. The molecule has 0 aliphatic carbocycles. The van der Waals surface area contributed by atoms with Gasteiger partial charge in [0.05, 0.1) is 0 Å². The largest absolute Gasteiger partial charge is 0.275 e. The topological polar surface area (TPSA) is 55.2 Å². The summed E-state index contributed by atoms with van der Waals surface area (Å²) in [5, 5.41) is 4.01. The molecule has 0 fully saturated rings. The first kappa shape index (κ1) is 9.64. The summed E-state index contributed by atoms with van der Waals surface area (Å²) in [6, 6.07) is 1.87. The molecule has 0 saturated carbocycles. The summed E-state index contributed by atoms with van der Waals surface area (Å²) in [7, 11) is 1.83. The molecule has 1 aliphatic heterocycles. The number of imide groups is 1. The van der Waals surface area contributed by atoms with Gasteiger partial charge >= 0.3 is 0 Å². The van der Waals surface area contributed by atoms with Crippen LogP contribution >= 0.6 is 0 Å². The molecule has 15 heavy (non-hydrogen) atoms. The lowest BCUT2D eigenvalue weighted by molar-refractivity contribution is -0.136. The normalized spacial score (nSPS) is 15.4. The molecular formula is C10H11N3O2. The zero-order valence-electron chi connectivity index (χ0n) is 8.38. The molecule has 2 amide bonds. The first-order valence-corrected chi connectivity index (χ1v) is 4.69. The predicted octanol–water partition coefficient (Wildman–Crippen LogP) is -0.112. The summed E-state index contributed by atoms with van der Waals surface area (Å²) in [5.41, 5.74) is 1.00. The Bertz CT molecular complexity index is 416. The van der Waals surface area contributed by atoms with Gasteiger partial charge in [-0.3, -0.25) is 19.2 Å². The van der Waals surface area contributed by atoms with Crippen LogP contribution < -0.4 is 0 Å². The molecule has 1 aliphatic rings. The Morgan fingerprint density at radius 2 is 1.93 bits per heavy atom. The van der Waals surface area contributed by atoms with Gasteiger partial charge in [-0.1, -0.05) is 0 Å². The molecule has 0 unspecified atom stereocenters. The van der Waals surface area contributed by atoms with Crippen LogP contribution in [0.4, 0.5) is 0 Å². The van der Waals surface area contributed by atoms with E-state index in [-0.39, 0.29) is 11.8 Å². The number of rotatable bonds is 3. The average molecular weight is 205 g/mol. The van der Waals surface area contributed by atoms with Crippen molar-refractivity contribution in [2.45, 2.75) is 6.42 Å². The van der Waals surface area contributed by atoms with Crippen LogP contribution in [0.3, 0.4) is 0 Å². The van der Waals surface area contributed by atoms with Crippen molar-refractivity contribution in [1.82, 2.24) is 14.7 Å². The molecule has 0 N–H and O–H groups in total. The summed E-state index contributed by atoms with van der Waals surface area (Å²) in [6.45, 7) is 0.407. The molecule has 5 nitrogen and oxygen atoms in total. The van der Waals surface area contributed by atoms with E-state index >= 15 is 0 Å². The predicted molar refractivity (Wildman–Crippen MR) is 52.8 cm³/mol. The maximum atomic E-state index is 11.2. The van der Waals surface area contributed by atoms with Crippen LogP contribution in [0.5, 0.6) is 0 Å². The maximum Gasteiger partial charge on any atom is 0.253 e. The third-order valence-electron chi connectivity index (χ3n) is 2.41. The maximum absolute atomic E-state index is 11.2. The smallest absolute Gasteiger partial charge is 0.253 e. The van der Waals surface area contributed by atoms with Crippen molar-refractivity contribution >= 4 is 11.8 Å². The van der Waals surface area contributed by atoms with Crippen LogP contribution in [0.1, 0.15) is 5.69 Å². The number of hydrogen-bond acceptors (Lipinski definition) is 3. The van der Waals surface area contributed by atoms with Crippen molar-refractivity contribution in [2.75, 3.05) is 6.54 Å². The standard InChI is InChI=1S/C10H11N3O2/c1-12-8(4-6-11-12)5-7-13-9(14)2-3-10(13)15/h2-4,6H,5,7H2,1H3. The second-order valence-corrected chi connectivity index (χ2v) is 3.36. The molecule has 1 aromatic heterocycles. The van der Waals surface area contributed by atoms with Crippen molar-refractivity contribution in [1.29, 1.82) is 0 Å². The highest BCUT2D eigenvalue weighted by molar-refractivity contribution is 6.12. The molecule has 0 aromatic carbocycles. The van der Waals surface area contributed by atoms with E-state index in [1.165, 1.54) is 17.1 Å². The van der Waals surface area contributed by atoms with Crippen molar-refractivity contribution < 1.29 is 9.59 Å². The molecule has 0 saturated heterocycles. The molecule has 5 heteroatoms. The van der Waals surface area contributed by atoms with E-state index in [9.17, 15) is 9.59 Å². The fraction of sp³-hybridized carbons (Fsp3) is 0.300. The lowest BCUT2D eigenvalue weighted by atomic mass is 10.3. The molecule has 0 radical (unpaired) electrons. The van der Waals surface area contributed by atoms with E-state index in [1.807, 2.05) is 13.1 Å². The Morgan fingerprint density at radius 3 is 2.47 bits per heavy atom. The number of carbonyl (C=O) groups is 2. The number of nitrogens with zero attached hydrogens (tertiary/aromatic N) is 3. The van der Waals surface area contributed by atoms with Gasteiger partial charge in [-0.15, -0.1) is 0 Å². The zero-order chi connectivity index (χ0) is 10.8. The summed E-state index contributed by atoms with van der Waals surface area (Å²) in [6.07, 6.45) is 4.92. The van der Waals surface area contributed by atoms with Gasteiger partial charge in [-0.2, -0.15) is 5.10 Å². The summed E-state index contributed by atoms with van der Waals surface area (Å²) < 4.78 is 1.73. The quantitative estimate of drug-likeness (QED) is 0.647. The first-order valence-electron chi connectivity index (χ1n) is 4.69. The number of amides is 2. The van der Waals surface area contributed by atoms with Gasteiger partial charge in [-0.25, -0.2) is 0 Å². The van der Waals surface area contributed by atoms with Crippen molar-refractivity contribution in [3.05, 3.63) is 30.1 Å². The summed E-state index contributed by atoms with van der Waals surface area (Å²) in [4.78, 5) is 23.7. The molecule has 2 rings (SSSR count). The van der Waals surface area contributed by atoms with Gasteiger partial charge in [-0.05, 0) is 6.07 Å². The second-order valence-electron chi connectivity index (χ2n) is 3.36. The van der Waals surface area contributed by atoms with E-state index in [0.717, 1.165) is 5.69 Å². The fourth-order valence-corrected chi connectivity index (χ4v) is 1.52. The highest BCUT2D eigenvalue weighted by Crippen LogP contribution is 2.06. The molecule has 0 atom stereocenters. The van der Waals surface area contributed by atoms with E-state index in [4.69, 9.17) is 0 Å². The molecule has 0 spiro atoms. The minimum atomic E-state index is -0.234. The minimum absolute atomic E-state index is 0.234. The van der Waals surface area contributed by atoms with Gasteiger partial charge in [0.15, 0.2) is 0 Å². The van der Waals surface area contributed by atoms with E-state index in [0.29, 0.717) is 13.0 Å². The summed E-state index contributed by atoms with van der Waals surface area (Å²) in [5.74, 6) is -0.468. The molecule has 1 aromatic rings. The van der Waals surface area contributed by atoms with Crippen LogP contribution in [-0.2, 0) is 23.1 Å². The number of aromatic nitrogens is 2. The summed E-state index contributed by atoms with van der Waals surface area (Å²) >= 11 is 0. The Morgan fingerprint density at radius 1 is 1.27 bits per heavy atom. The van der Waals surface area contributed by atoms with Crippen LogP contribution in [-0.4, -0.2) is 33.0 Å². The van der Waals surface area contributed by atoms with Crippen molar-refractivity contribution in [2.24, 2.45) is 7.05 Å². The van der Waals surface area contributed by atoms with Gasteiger partial charge < -0.3 is 0 Å². The fourth-order valence-electron chi connectivity index (χ4n) is 1.52. The lowest BCUT2D eigenvalue weighted by Gasteiger charge is -2.13. The second kappa shape index (κ2) is 3.68. The number of aryl methyl sites for hydroxylation is 1. The number of hydrogen-bond donors (Lipinski definition) is 0. The zero-order valence-corrected chi connectivity index (χ0v) is 8.38. The Balaban J connectivity index is 1.97. The monoisotopic (exact) mass is 205 g/mol. The van der Waals surface area contributed by atoms with E-state index < -0.39 is 0 Å². The average Bonchev–Trinajstić information content (AvgIpc) is 2.73. The van der Waals surface area contributed by atoms with Crippen molar-refractivity contribution in [3.8, 4) is 0 Å². The van der Waals surface area contributed by atoms with Crippen molar-refractivity contribution in [3.63, 3.8) is 0 Å². The highest BCUT2D eigenvalue weighted by atomic mass is 16.2. The SMILES string of the molecule is Cn1nccc1CCN1C(=O)C=CC1=O. The third-order valence-corrected chi connectivity index (χ3v) is 2.41. The van der Waals surface area contributed by atoms with Crippen LogP contribution in [0.15, 0.2) is 24.4 Å². The van der Waals surface area contributed by atoms with Crippen LogP contribution in [0.25, 0.3) is 0 Å². The Kier molecular flexibility index (Phi) is 2.37. The van der Waals surface area contributed by atoms with Gasteiger partial charge in [0.25, 0.3) is 11.8 Å². The van der Waals surface area contributed by atoms with E-state index in [1.54, 1.807) is 10.9 Å². The van der Waals surface area contributed by atoms with Gasteiger partial charge in [0, 0.05) is 44.1 Å². The van der Waals surface area contributed by atoms with E-state index in [2.05, 4.69) is 5.10 Å². The lowest BCUT2D eigenvalue weighted by Crippen LogP contribution is -2.32. The molecule has 2 heterocycles. The van der Waals surface area contributed by atoms with Crippen LogP contribution in [0, 0.1) is 0 Å². The van der Waals surface area contributed by atoms with Gasteiger partial charge in [0.2, 0.25) is 0 Å². The Labute approximate surface area is 87.0 Å². The minimum Gasteiger partial charge on any atom is -0.275 e. The first-order chi connectivity index (χ1) is 7.18.